The van der Waals surface area contributed by atoms with Crippen molar-refractivity contribution in [2.24, 2.45) is 0 Å². The maximum atomic E-state index is 12.8. The van der Waals surface area contributed by atoms with Crippen LogP contribution in [0.2, 0.25) is 0 Å². The molecule has 1 unspecified atom stereocenters. The smallest absolute Gasteiger partial charge is 0.306 e. The molecule has 0 saturated carbocycles. The molecule has 0 rings (SSSR count). The summed E-state index contributed by atoms with van der Waals surface area (Å²) < 4.78 is 16.9. The number of esters is 3. The van der Waals surface area contributed by atoms with Crippen LogP contribution in [0.5, 0.6) is 0 Å². The Balaban J connectivity index is 4.20. The monoisotopic (exact) mass is 945 g/mol. The average molecular weight is 946 g/mol. The molecule has 0 aromatic heterocycles. The van der Waals surface area contributed by atoms with Crippen LogP contribution in [-0.4, -0.2) is 37.2 Å². The van der Waals surface area contributed by atoms with E-state index >= 15 is 0 Å². The Morgan fingerprint density at radius 1 is 0.284 bits per heavy atom. The van der Waals surface area contributed by atoms with Crippen molar-refractivity contribution < 1.29 is 28.6 Å². The largest absolute Gasteiger partial charge is 0.462 e. The molecular weight excluding hydrogens is 829 g/mol. The number of hydrogen-bond acceptors (Lipinski definition) is 6. The summed E-state index contributed by atoms with van der Waals surface area (Å²) in [6, 6.07) is 0. The summed E-state index contributed by atoms with van der Waals surface area (Å²) in [5, 5.41) is 0. The van der Waals surface area contributed by atoms with Crippen LogP contribution < -0.4 is 0 Å². The molecule has 0 saturated heterocycles. The van der Waals surface area contributed by atoms with E-state index in [2.05, 4.69) is 32.9 Å². The van der Waals surface area contributed by atoms with Gasteiger partial charge in [-0.15, -0.1) is 0 Å². The Morgan fingerprint density at radius 3 is 0.746 bits per heavy atom. The SMILES string of the molecule is CCCCCCCC/C=C\CCCCCCCCCC(=O)OC(COC(=O)CCCCCCCCCCCC)COC(=O)CCCCCCCCCCCCCCCCCCCCCCCC. The maximum Gasteiger partial charge on any atom is 0.306 e. The van der Waals surface area contributed by atoms with Crippen molar-refractivity contribution in [3.05, 3.63) is 12.2 Å². The number of carbonyl (C=O) groups excluding carboxylic acids is 3. The Bertz CT molecular complexity index is 1040. The van der Waals surface area contributed by atoms with Crippen molar-refractivity contribution in [3.63, 3.8) is 0 Å². The van der Waals surface area contributed by atoms with Crippen molar-refractivity contribution in [2.45, 2.75) is 348 Å². The fraction of sp³-hybridized carbons (Fsp3) is 0.918. The van der Waals surface area contributed by atoms with Gasteiger partial charge in [0.1, 0.15) is 13.2 Å². The van der Waals surface area contributed by atoms with Gasteiger partial charge < -0.3 is 14.2 Å². The molecule has 0 aromatic rings. The Hall–Kier alpha value is -1.85. The lowest BCUT2D eigenvalue weighted by molar-refractivity contribution is -0.167. The minimum absolute atomic E-state index is 0.0658. The molecule has 0 bridgehead atoms. The van der Waals surface area contributed by atoms with Crippen molar-refractivity contribution in [2.75, 3.05) is 13.2 Å². The lowest BCUT2D eigenvalue weighted by atomic mass is 10.0. The molecule has 0 N–H and O–H groups in total. The Kier molecular flexibility index (Phi) is 55.2. The molecule has 6 nitrogen and oxygen atoms in total. The van der Waals surface area contributed by atoms with Gasteiger partial charge >= 0.3 is 17.9 Å². The summed E-state index contributed by atoms with van der Waals surface area (Å²) in [7, 11) is 0. The third-order valence-electron chi connectivity index (χ3n) is 13.8. The second-order valence-corrected chi connectivity index (χ2v) is 20.6. The number of rotatable bonds is 56. The van der Waals surface area contributed by atoms with Crippen LogP contribution in [0.4, 0.5) is 0 Å². The standard InChI is InChI=1S/C61H116O6/c1-4-7-10-13-16-19-22-24-26-28-29-30-31-32-34-35-37-39-42-45-48-51-54-60(63)66-57-58(56-65-59(62)53-50-47-44-41-21-18-15-12-9-6-3)67-61(64)55-52-49-46-43-40-38-36-33-27-25-23-20-17-14-11-8-5-2/h25,27,58H,4-24,26,28-57H2,1-3H3/b27-25-. The zero-order valence-corrected chi connectivity index (χ0v) is 45.5. The van der Waals surface area contributed by atoms with Crippen LogP contribution >= 0.6 is 0 Å². The van der Waals surface area contributed by atoms with Gasteiger partial charge in [0.2, 0.25) is 0 Å². The first kappa shape index (κ1) is 65.1. The highest BCUT2D eigenvalue weighted by molar-refractivity contribution is 5.71. The van der Waals surface area contributed by atoms with E-state index in [-0.39, 0.29) is 31.1 Å². The molecule has 0 aromatic carbocycles. The molecular formula is C61H116O6. The van der Waals surface area contributed by atoms with Crippen LogP contribution in [0.25, 0.3) is 0 Å². The molecule has 0 amide bonds. The topological polar surface area (TPSA) is 78.9 Å². The highest BCUT2D eigenvalue weighted by Gasteiger charge is 2.19. The van der Waals surface area contributed by atoms with Gasteiger partial charge in [0.15, 0.2) is 6.10 Å². The van der Waals surface area contributed by atoms with Gasteiger partial charge in [-0.05, 0) is 44.9 Å². The molecule has 0 heterocycles. The van der Waals surface area contributed by atoms with Crippen molar-refractivity contribution >= 4 is 17.9 Å². The molecule has 1 atom stereocenters. The van der Waals surface area contributed by atoms with E-state index in [9.17, 15) is 14.4 Å². The fourth-order valence-corrected chi connectivity index (χ4v) is 9.21. The normalized spacial score (nSPS) is 12.0. The first-order chi connectivity index (χ1) is 33.0. The average Bonchev–Trinajstić information content (AvgIpc) is 3.33. The van der Waals surface area contributed by atoms with E-state index < -0.39 is 6.10 Å². The predicted molar refractivity (Wildman–Crippen MR) is 289 cm³/mol. The van der Waals surface area contributed by atoms with Crippen LogP contribution in [0.1, 0.15) is 342 Å². The first-order valence-corrected chi connectivity index (χ1v) is 30.2. The van der Waals surface area contributed by atoms with Crippen LogP contribution in [0.15, 0.2) is 12.2 Å². The molecule has 0 spiro atoms. The van der Waals surface area contributed by atoms with Gasteiger partial charge in [-0.25, -0.2) is 0 Å². The summed E-state index contributed by atoms with van der Waals surface area (Å²) in [5.74, 6) is -0.847. The van der Waals surface area contributed by atoms with Crippen LogP contribution in [-0.2, 0) is 28.6 Å². The Morgan fingerprint density at radius 2 is 0.493 bits per heavy atom. The highest BCUT2D eigenvalue weighted by atomic mass is 16.6. The van der Waals surface area contributed by atoms with E-state index in [1.54, 1.807) is 0 Å². The zero-order valence-electron chi connectivity index (χ0n) is 45.5. The van der Waals surface area contributed by atoms with Crippen molar-refractivity contribution in [1.29, 1.82) is 0 Å². The summed E-state index contributed by atoms with van der Waals surface area (Å²) in [6.07, 6.45) is 65.0. The van der Waals surface area contributed by atoms with E-state index in [1.165, 1.54) is 244 Å². The van der Waals surface area contributed by atoms with E-state index in [1.807, 2.05) is 0 Å². The minimum Gasteiger partial charge on any atom is -0.462 e. The van der Waals surface area contributed by atoms with Gasteiger partial charge in [0, 0.05) is 19.3 Å². The zero-order chi connectivity index (χ0) is 48.6. The molecule has 0 aliphatic carbocycles. The fourth-order valence-electron chi connectivity index (χ4n) is 9.21. The first-order valence-electron chi connectivity index (χ1n) is 30.2. The highest BCUT2D eigenvalue weighted by Crippen LogP contribution is 2.18. The van der Waals surface area contributed by atoms with Gasteiger partial charge in [0.05, 0.1) is 0 Å². The van der Waals surface area contributed by atoms with Gasteiger partial charge in [-0.3, -0.25) is 14.4 Å². The molecule has 0 radical (unpaired) electrons. The third-order valence-corrected chi connectivity index (χ3v) is 13.8. The number of carbonyl (C=O) groups is 3. The Labute approximate surface area is 418 Å². The van der Waals surface area contributed by atoms with Crippen LogP contribution in [0, 0.1) is 0 Å². The number of allylic oxidation sites excluding steroid dienone is 2. The van der Waals surface area contributed by atoms with Crippen molar-refractivity contribution in [1.82, 2.24) is 0 Å². The maximum absolute atomic E-state index is 12.8. The van der Waals surface area contributed by atoms with Crippen LogP contribution in [0.3, 0.4) is 0 Å². The second kappa shape index (κ2) is 56.7. The minimum atomic E-state index is -0.766. The number of unbranched alkanes of at least 4 members (excludes halogenated alkanes) is 43. The lowest BCUT2D eigenvalue weighted by Crippen LogP contribution is -2.30. The van der Waals surface area contributed by atoms with E-state index in [0.717, 1.165) is 57.8 Å². The van der Waals surface area contributed by atoms with Crippen molar-refractivity contribution in [3.8, 4) is 0 Å². The molecule has 0 aliphatic rings. The van der Waals surface area contributed by atoms with Gasteiger partial charge in [0.25, 0.3) is 0 Å². The predicted octanol–water partition coefficient (Wildman–Crippen LogP) is 20.1. The second-order valence-electron chi connectivity index (χ2n) is 20.6. The summed E-state index contributed by atoms with van der Waals surface area (Å²) in [5.41, 5.74) is 0. The molecule has 67 heavy (non-hydrogen) atoms. The number of hydrogen-bond donors (Lipinski definition) is 0. The summed E-state index contributed by atoms with van der Waals surface area (Å²) >= 11 is 0. The van der Waals surface area contributed by atoms with Gasteiger partial charge in [-0.2, -0.15) is 0 Å². The molecule has 6 heteroatoms. The van der Waals surface area contributed by atoms with Gasteiger partial charge in [-0.1, -0.05) is 290 Å². The summed E-state index contributed by atoms with van der Waals surface area (Å²) in [6.45, 7) is 6.68. The quantitative estimate of drug-likeness (QED) is 0.0262. The third kappa shape index (κ3) is 55.0. The molecule has 396 valence electrons. The number of ether oxygens (including phenoxy) is 3. The summed E-state index contributed by atoms with van der Waals surface area (Å²) in [4.78, 5) is 38.1. The molecule has 0 aliphatic heterocycles. The van der Waals surface area contributed by atoms with E-state index in [4.69, 9.17) is 14.2 Å². The lowest BCUT2D eigenvalue weighted by Gasteiger charge is -2.18. The molecule has 0 fully saturated rings. The van der Waals surface area contributed by atoms with E-state index in [0.29, 0.717) is 19.3 Å².